The Hall–Kier alpha value is -1.98. The number of rotatable bonds is 3. The molecule has 0 aromatic carbocycles. The summed E-state index contributed by atoms with van der Waals surface area (Å²) >= 11 is 0. The van der Waals surface area contributed by atoms with E-state index in [4.69, 9.17) is 0 Å². The van der Waals surface area contributed by atoms with Gasteiger partial charge in [0.15, 0.2) is 0 Å². The van der Waals surface area contributed by atoms with Gasteiger partial charge in [-0.3, -0.25) is 0 Å². The number of nitrogens with zero attached hydrogens (tertiary/aromatic N) is 6. The molecule has 2 aromatic heterocycles. The van der Waals surface area contributed by atoms with Crippen molar-refractivity contribution in [2.24, 2.45) is 0 Å². The highest BCUT2D eigenvalue weighted by molar-refractivity contribution is 5.51. The third-order valence-corrected chi connectivity index (χ3v) is 5.10. The van der Waals surface area contributed by atoms with Crippen LogP contribution in [0.5, 0.6) is 0 Å². The van der Waals surface area contributed by atoms with Crippen molar-refractivity contribution in [3.63, 3.8) is 0 Å². The van der Waals surface area contributed by atoms with Crippen LogP contribution in [0.15, 0.2) is 6.33 Å². The molecule has 4 rings (SSSR count). The second-order valence-electron chi connectivity index (χ2n) is 6.71. The van der Waals surface area contributed by atoms with Gasteiger partial charge in [-0.25, -0.2) is 19.6 Å². The maximum atomic E-state index is 4.66. The largest absolute Gasteiger partial charge is 0.351 e. The van der Waals surface area contributed by atoms with E-state index in [0.29, 0.717) is 6.04 Å². The van der Waals surface area contributed by atoms with Crippen molar-refractivity contribution in [1.29, 1.82) is 0 Å². The Morgan fingerprint density at radius 2 is 2.04 bits per heavy atom. The molecular formula is C17H24N6. The molecule has 1 fully saturated rings. The molecular weight excluding hydrogens is 288 g/mol. The predicted molar refractivity (Wildman–Crippen MR) is 88.5 cm³/mol. The molecule has 0 N–H and O–H groups in total. The van der Waals surface area contributed by atoms with Crippen molar-refractivity contribution in [2.45, 2.75) is 65.0 Å². The van der Waals surface area contributed by atoms with Crippen LogP contribution in [0.4, 0.5) is 5.82 Å². The average molecular weight is 312 g/mol. The van der Waals surface area contributed by atoms with Gasteiger partial charge < -0.3 is 4.90 Å². The lowest BCUT2D eigenvalue weighted by atomic mass is 10.0. The van der Waals surface area contributed by atoms with Crippen LogP contribution in [-0.4, -0.2) is 37.3 Å². The second-order valence-corrected chi connectivity index (χ2v) is 6.71. The van der Waals surface area contributed by atoms with Crippen LogP contribution in [-0.2, 0) is 19.4 Å². The maximum absolute atomic E-state index is 4.66. The van der Waals surface area contributed by atoms with Crippen molar-refractivity contribution in [2.75, 3.05) is 11.4 Å². The predicted octanol–water partition coefficient (Wildman–Crippen LogP) is 2.23. The molecule has 6 nitrogen and oxygen atoms in total. The van der Waals surface area contributed by atoms with Gasteiger partial charge in [-0.05, 0) is 52.4 Å². The SMILES string of the molecule is Cc1nc(C)n(CC2CCCCN2c2ncnc3c2CCC3)n1. The van der Waals surface area contributed by atoms with Gasteiger partial charge in [0.2, 0.25) is 0 Å². The van der Waals surface area contributed by atoms with Crippen molar-refractivity contribution in [3.8, 4) is 0 Å². The molecule has 1 aliphatic carbocycles. The van der Waals surface area contributed by atoms with Crippen molar-refractivity contribution in [3.05, 3.63) is 29.2 Å². The molecule has 0 saturated carbocycles. The molecule has 23 heavy (non-hydrogen) atoms. The fourth-order valence-corrected chi connectivity index (χ4v) is 3.99. The molecule has 1 atom stereocenters. The quantitative estimate of drug-likeness (QED) is 0.870. The summed E-state index contributed by atoms with van der Waals surface area (Å²) in [7, 11) is 0. The van der Waals surface area contributed by atoms with Gasteiger partial charge in [0, 0.05) is 17.8 Å². The topological polar surface area (TPSA) is 59.7 Å². The first-order valence-corrected chi connectivity index (χ1v) is 8.70. The lowest BCUT2D eigenvalue weighted by molar-refractivity contribution is 0.391. The van der Waals surface area contributed by atoms with Gasteiger partial charge in [-0.2, -0.15) is 5.10 Å². The fraction of sp³-hybridized carbons (Fsp3) is 0.647. The van der Waals surface area contributed by atoms with E-state index in [2.05, 4.69) is 29.6 Å². The summed E-state index contributed by atoms with van der Waals surface area (Å²) in [6.07, 6.45) is 8.89. The summed E-state index contributed by atoms with van der Waals surface area (Å²) in [5.74, 6) is 3.03. The molecule has 0 bridgehead atoms. The number of hydrogen-bond donors (Lipinski definition) is 0. The van der Waals surface area contributed by atoms with E-state index < -0.39 is 0 Å². The molecule has 6 heteroatoms. The van der Waals surface area contributed by atoms with Crippen molar-refractivity contribution >= 4 is 5.82 Å². The van der Waals surface area contributed by atoms with Crippen LogP contribution in [0.2, 0.25) is 0 Å². The van der Waals surface area contributed by atoms with Crippen LogP contribution in [0, 0.1) is 13.8 Å². The Morgan fingerprint density at radius 1 is 1.13 bits per heavy atom. The summed E-state index contributed by atoms with van der Waals surface area (Å²) in [6.45, 7) is 5.97. The first-order chi connectivity index (χ1) is 11.2. The lowest BCUT2D eigenvalue weighted by Gasteiger charge is -2.37. The van der Waals surface area contributed by atoms with E-state index in [-0.39, 0.29) is 0 Å². The van der Waals surface area contributed by atoms with E-state index in [1.807, 2.05) is 13.8 Å². The highest BCUT2D eigenvalue weighted by Gasteiger charge is 2.29. The zero-order chi connectivity index (χ0) is 15.8. The zero-order valence-corrected chi connectivity index (χ0v) is 14.0. The van der Waals surface area contributed by atoms with Gasteiger partial charge in [-0.15, -0.1) is 0 Å². The first kappa shape index (κ1) is 14.6. The minimum Gasteiger partial charge on any atom is -0.351 e. The average Bonchev–Trinajstić information content (AvgIpc) is 3.14. The molecule has 0 radical (unpaired) electrons. The molecule has 1 unspecified atom stereocenters. The Labute approximate surface area is 137 Å². The lowest BCUT2D eigenvalue weighted by Crippen LogP contribution is -2.43. The van der Waals surface area contributed by atoms with Crippen LogP contribution in [0.1, 0.15) is 48.6 Å². The van der Waals surface area contributed by atoms with Crippen LogP contribution in [0.25, 0.3) is 0 Å². The molecule has 0 spiro atoms. The smallest absolute Gasteiger partial charge is 0.147 e. The highest BCUT2D eigenvalue weighted by Crippen LogP contribution is 2.32. The minimum atomic E-state index is 0.447. The summed E-state index contributed by atoms with van der Waals surface area (Å²) in [5, 5.41) is 4.55. The van der Waals surface area contributed by atoms with E-state index >= 15 is 0 Å². The number of piperidine rings is 1. The number of anilines is 1. The number of aryl methyl sites for hydroxylation is 3. The minimum absolute atomic E-state index is 0.447. The first-order valence-electron chi connectivity index (χ1n) is 8.70. The van der Waals surface area contributed by atoms with E-state index in [9.17, 15) is 0 Å². The molecule has 2 aliphatic rings. The van der Waals surface area contributed by atoms with Gasteiger partial charge in [0.1, 0.15) is 23.8 Å². The van der Waals surface area contributed by atoms with Crippen LogP contribution >= 0.6 is 0 Å². The summed E-state index contributed by atoms with van der Waals surface area (Å²) < 4.78 is 2.06. The summed E-state index contributed by atoms with van der Waals surface area (Å²) in [4.78, 5) is 16.1. The van der Waals surface area contributed by atoms with Gasteiger partial charge >= 0.3 is 0 Å². The Kier molecular flexibility index (Phi) is 3.75. The van der Waals surface area contributed by atoms with E-state index in [0.717, 1.165) is 37.6 Å². The van der Waals surface area contributed by atoms with Crippen LogP contribution < -0.4 is 4.90 Å². The van der Waals surface area contributed by atoms with Gasteiger partial charge in [-0.1, -0.05) is 0 Å². The highest BCUT2D eigenvalue weighted by atomic mass is 15.4. The van der Waals surface area contributed by atoms with E-state index in [1.54, 1.807) is 6.33 Å². The van der Waals surface area contributed by atoms with Gasteiger partial charge in [0.05, 0.1) is 12.6 Å². The number of fused-ring (bicyclic) bond motifs is 1. The third kappa shape index (κ3) is 2.71. The molecule has 1 saturated heterocycles. The van der Waals surface area contributed by atoms with Gasteiger partial charge in [0.25, 0.3) is 0 Å². The number of hydrogen-bond acceptors (Lipinski definition) is 5. The Balaban J connectivity index is 1.63. The Bertz CT molecular complexity index is 707. The fourth-order valence-electron chi connectivity index (χ4n) is 3.99. The maximum Gasteiger partial charge on any atom is 0.147 e. The van der Waals surface area contributed by atoms with Crippen LogP contribution in [0.3, 0.4) is 0 Å². The molecule has 0 amide bonds. The van der Waals surface area contributed by atoms with E-state index in [1.165, 1.54) is 42.8 Å². The van der Waals surface area contributed by atoms with Crippen molar-refractivity contribution < 1.29 is 0 Å². The standard InChI is InChI=1S/C17H24N6/c1-12-20-13(2)23(21-12)10-14-6-3-4-9-22(14)17-15-7-5-8-16(15)18-11-19-17/h11,14H,3-10H2,1-2H3. The molecule has 2 aromatic rings. The monoisotopic (exact) mass is 312 g/mol. The molecule has 3 heterocycles. The molecule has 1 aliphatic heterocycles. The van der Waals surface area contributed by atoms with Crippen molar-refractivity contribution in [1.82, 2.24) is 24.7 Å². The Morgan fingerprint density at radius 3 is 2.87 bits per heavy atom. The summed E-state index contributed by atoms with van der Waals surface area (Å²) in [5.41, 5.74) is 2.64. The normalized spacial score (nSPS) is 20.8. The number of aromatic nitrogens is 5. The second kappa shape index (κ2) is 5.91. The zero-order valence-electron chi connectivity index (χ0n) is 14.0. The summed E-state index contributed by atoms with van der Waals surface area (Å²) in [6, 6.07) is 0.447. The third-order valence-electron chi connectivity index (χ3n) is 5.10. The molecule has 122 valence electrons.